The molecule has 4 nitrogen and oxygen atoms in total. The molecule has 0 aliphatic rings. The Balaban J connectivity index is 4.41. The summed E-state index contributed by atoms with van der Waals surface area (Å²) < 4.78 is 10.9. The smallest absolute Gasteiger partial charge is 0.322 e. The van der Waals surface area contributed by atoms with Gasteiger partial charge in [0, 0.05) is 0 Å². The van der Waals surface area contributed by atoms with E-state index in [-0.39, 0.29) is 18.1 Å². The van der Waals surface area contributed by atoms with Crippen LogP contribution < -0.4 is 5.73 Å². The lowest BCUT2D eigenvalue weighted by Crippen LogP contribution is -2.40. The second kappa shape index (κ2) is 7.45. The van der Waals surface area contributed by atoms with E-state index in [1.54, 1.807) is 6.92 Å². The van der Waals surface area contributed by atoms with Crippen molar-refractivity contribution in [3.63, 3.8) is 0 Å². The third-order valence-corrected chi connectivity index (χ3v) is 2.34. The molecule has 0 heterocycles. The normalized spacial score (nSPS) is 16.4. The Bertz CT molecular complexity index is 261. The number of rotatable bonds is 7. The first kappa shape index (κ1) is 16.1. The molecule has 2 N–H and O–H groups in total. The first-order valence-corrected chi connectivity index (χ1v) is 5.97. The molecule has 0 spiro atoms. The van der Waals surface area contributed by atoms with Gasteiger partial charge < -0.3 is 15.2 Å². The van der Waals surface area contributed by atoms with E-state index in [1.807, 2.05) is 27.7 Å². The highest BCUT2D eigenvalue weighted by Crippen LogP contribution is 2.15. The molecule has 0 bridgehead atoms. The zero-order valence-electron chi connectivity index (χ0n) is 11.5. The molecule has 100 valence electrons. The van der Waals surface area contributed by atoms with Crippen molar-refractivity contribution in [1.82, 2.24) is 0 Å². The predicted octanol–water partition coefficient (Wildman–Crippen LogP) is 1.88. The minimum Gasteiger partial charge on any atom is -0.458 e. The summed E-state index contributed by atoms with van der Waals surface area (Å²) in [7, 11) is 0. The van der Waals surface area contributed by atoms with Gasteiger partial charge in [0.25, 0.3) is 0 Å². The Labute approximate surface area is 104 Å². The fourth-order valence-electron chi connectivity index (χ4n) is 1.38. The van der Waals surface area contributed by atoms with Gasteiger partial charge in [0.2, 0.25) is 0 Å². The molecule has 0 unspecified atom stereocenters. The monoisotopic (exact) mass is 243 g/mol. The van der Waals surface area contributed by atoms with Crippen LogP contribution in [0.2, 0.25) is 0 Å². The van der Waals surface area contributed by atoms with Crippen LogP contribution in [0, 0.1) is 5.92 Å². The van der Waals surface area contributed by atoms with E-state index in [0.717, 1.165) is 5.57 Å². The average Bonchev–Trinajstić information content (AvgIpc) is 2.21. The van der Waals surface area contributed by atoms with Crippen molar-refractivity contribution in [1.29, 1.82) is 0 Å². The van der Waals surface area contributed by atoms with E-state index in [0.29, 0.717) is 6.61 Å². The molecule has 0 aliphatic carbocycles. The van der Waals surface area contributed by atoms with E-state index < -0.39 is 12.0 Å². The lowest BCUT2D eigenvalue weighted by molar-refractivity contribution is -0.161. The molecule has 0 saturated carbocycles. The molecule has 0 fully saturated rings. The SMILES string of the molecule is C=C(C)CO[C@@H](C)[C@H](OC(=O)[C@H](C)N)C(C)C. The highest BCUT2D eigenvalue weighted by Gasteiger charge is 2.26. The van der Waals surface area contributed by atoms with Crippen molar-refractivity contribution in [3.8, 4) is 0 Å². The standard InChI is InChI=1S/C13H25NO3/c1-8(2)7-16-11(6)12(9(3)4)17-13(15)10(5)14/h9-12H,1,7,14H2,2-6H3/t10-,11-,12+/m0/s1. The first-order valence-electron chi connectivity index (χ1n) is 5.97. The molecule has 17 heavy (non-hydrogen) atoms. The van der Waals surface area contributed by atoms with Gasteiger partial charge in [-0.1, -0.05) is 26.0 Å². The van der Waals surface area contributed by atoms with Crippen molar-refractivity contribution >= 4 is 5.97 Å². The molecule has 0 amide bonds. The molecule has 0 rings (SSSR count). The maximum absolute atomic E-state index is 11.5. The average molecular weight is 243 g/mol. The van der Waals surface area contributed by atoms with Gasteiger partial charge in [-0.05, 0) is 26.7 Å². The third-order valence-electron chi connectivity index (χ3n) is 2.34. The van der Waals surface area contributed by atoms with Gasteiger partial charge in [-0.3, -0.25) is 4.79 Å². The van der Waals surface area contributed by atoms with Gasteiger partial charge >= 0.3 is 5.97 Å². The zero-order valence-corrected chi connectivity index (χ0v) is 11.5. The van der Waals surface area contributed by atoms with Gasteiger partial charge in [0.05, 0.1) is 12.7 Å². The highest BCUT2D eigenvalue weighted by atomic mass is 16.6. The quantitative estimate of drug-likeness (QED) is 0.548. The van der Waals surface area contributed by atoms with E-state index in [1.165, 1.54) is 0 Å². The molecule has 0 aromatic rings. The lowest BCUT2D eigenvalue weighted by atomic mass is 10.0. The summed E-state index contributed by atoms with van der Waals surface area (Å²) in [5, 5.41) is 0. The second-order valence-corrected chi connectivity index (χ2v) is 4.91. The van der Waals surface area contributed by atoms with Crippen LogP contribution in [0.5, 0.6) is 0 Å². The number of nitrogens with two attached hydrogens (primary N) is 1. The third kappa shape index (κ3) is 6.44. The van der Waals surface area contributed by atoms with Crippen molar-refractivity contribution in [2.45, 2.75) is 52.9 Å². The summed E-state index contributed by atoms with van der Waals surface area (Å²) in [4.78, 5) is 11.5. The van der Waals surface area contributed by atoms with Gasteiger partial charge in [-0.2, -0.15) is 0 Å². The lowest BCUT2D eigenvalue weighted by Gasteiger charge is -2.28. The minimum atomic E-state index is -0.607. The van der Waals surface area contributed by atoms with Gasteiger partial charge in [0.1, 0.15) is 12.1 Å². The summed E-state index contributed by atoms with van der Waals surface area (Å²) in [5.41, 5.74) is 6.42. The molecule has 4 heteroatoms. The Morgan fingerprint density at radius 2 is 1.82 bits per heavy atom. The minimum absolute atomic E-state index is 0.172. The van der Waals surface area contributed by atoms with Crippen LogP contribution in [-0.4, -0.2) is 30.8 Å². The van der Waals surface area contributed by atoms with Crippen LogP contribution in [0.1, 0.15) is 34.6 Å². The Kier molecular flexibility index (Phi) is 7.07. The molecule has 0 radical (unpaired) electrons. The Hall–Kier alpha value is -0.870. The molecule has 0 aliphatic heterocycles. The van der Waals surface area contributed by atoms with Crippen LogP contribution in [0.3, 0.4) is 0 Å². The van der Waals surface area contributed by atoms with Gasteiger partial charge in [-0.15, -0.1) is 0 Å². The first-order chi connectivity index (χ1) is 7.75. The van der Waals surface area contributed by atoms with E-state index in [4.69, 9.17) is 15.2 Å². The van der Waals surface area contributed by atoms with E-state index >= 15 is 0 Å². The molecular formula is C13H25NO3. The second-order valence-electron chi connectivity index (χ2n) is 4.91. The molecule has 0 saturated heterocycles. The topological polar surface area (TPSA) is 61.5 Å². The van der Waals surface area contributed by atoms with Crippen molar-refractivity contribution in [3.05, 3.63) is 12.2 Å². The number of carbonyl (C=O) groups is 1. The summed E-state index contributed by atoms with van der Waals surface area (Å²) >= 11 is 0. The van der Waals surface area contributed by atoms with Crippen LogP contribution in [0.15, 0.2) is 12.2 Å². The summed E-state index contributed by atoms with van der Waals surface area (Å²) in [6.07, 6.45) is -0.456. The number of ether oxygens (including phenoxy) is 2. The van der Waals surface area contributed by atoms with Gasteiger partial charge in [0.15, 0.2) is 0 Å². The molecular weight excluding hydrogens is 218 g/mol. The molecule has 0 aromatic heterocycles. The van der Waals surface area contributed by atoms with E-state index in [2.05, 4.69) is 6.58 Å². The molecule has 3 atom stereocenters. The van der Waals surface area contributed by atoms with Crippen LogP contribution >= 0.6 is 0 Å². The maximum Gasteiger partial charge on any atom is 0.322 e. The number of hydrogen-bond donors (Lipinski definition) is 1. The van der Waals surface area contributed by atoms with Crippen molar-refractivity contribution < 1.29 is 14.3 Å². The fourth-order valence-corrected chi connectivity index (χ4v) is 1.38. The van der Waals surface area contributed by atoms with Gasteiger partial charge in [-0.25, -0.2) is 0 Å². The largest absolute Gasteiger partial charge is 0.458 e. The van der Waals surface area contributed by atoms with Crippen LogP contribution in [-0.2, 0) is 14.3 Å². The maximum atomic E-state index is 11.5. The fraction of sp³-hybridized carbons (Fsp3) is 0.769. The molecule has 0 aromatic carbocycles. The number of hydrogen-bond acceptors (Lipinski definition) is 4. The summed E-state index contributed by atoms with van der Waals surface area (Å²) in [6.45, 7) is 13.6. The predicted molar refractivity (Wildman–Crippen MR) is 68.6 cm³/mol. The summed E-state index contributed by atoms with van der Waals surface area (Å²) in [6, 6.07) is -0.607. The van der Waals surface area contributed by atoms with Crippen LogP contribution in [0.4, 0.5) is 0 Å². The van der Waals surface area contributed by atoms with E-state index in [9.17, 15) is 4.79 Å². The highest BCUT2D eigenvalue weighted by molar-refractivity contribution is 5.75. The zero-order chi connectivity index (χ0) is 13.6. The van der Waals surface area contributed by atoms with Crippen molar-refractivity contribution in [2.75, 3.05) is 6.61 Å². The van der Waals surface area contributed by atoms with Crippen molar-refractivity contribution in [2.24, 2.45) is 11.7 Å². The number of carbonyl (C=O) groups excluding carboxylic acids is 1. The Morgan fingerprint density at radius 3 is 2.18 bits per heavy atom. The Morgan fingerprint density at radius 1 is 1.29 bits per heavy atom. The summed E-state index contributed by atoms with van der Waals surface area (Å²) in [5.74, 6) is -0.215. The van der Waals surface area contributed by atoms with Crippen LogP contribution in [0.25, 0.3) is 0 Å². The number of esters is 1.